The molecule has 184 valence electrons. The van der Waals surface area contributed by atoms with Crippen LogP contribution >= 0.6 is 7.26 Å². The van der Waals surface area contributed by atoms with Crippen LogP contribution in [0.1, 0.15) is 27.2 Å². The van der Waals surface area contributed by atoms with E-state index in [0.717, 1.165) is 12.6 Å². The van der Waals surface area contributed by atoms with Crippen LogP contribution < -0.4 is 21.2 Å². The van der Waals surface area contributed by atoms with Crippen molar-refractivity contribution in [2.24, 2.45) is 0 Å². The second-order valence-electron chi connectivity index (χ2n) is 9.58. The lowest BCUT2D eigenvalue weighted by Gasteiger charge is -2.28. The first-order chi connectivity index (χ1) is 16.7. The van der Waals surface area contributed by atoms with Gasteiger partial charge in [0.05, 0.1) is 6.16 Å². The maximum atomic E-state index is 12.5. The normalized spacial score (nSPS) is 11.5. The van der Waals surface area contributed by atoms with Crippen LogP contribution in [0.15, 0.2) is 91.0 Å². The summed E-state index contributed by atoms with van der Waals surface area (Å²) in [5.74, 6) is -0.193. The number of hydrogen-bond donors (Lipinski definition) is 1. The van der Waals surface area contributed by atoms with Gasteiger partial charge in [0.1, 0.15) is 35.3 Å². The molecule has 0 saturated heterocycles. The van der Waals surface area contributed by atoms with Crippen molar-refractivity contribution in [2.75, 3.05) is 26.3 Å². The Morgan fingerprint density at radius 2 is 1.23 bits per heavy atom. The molecule has 3 aromatic rings. The molecule has 0 saturated carbocycles. The molecule has 5 nitrogen and oxygen atoms in total. The number of nitrogens with one attached hydrogen (secondary N) is 1. The SMILES string of the molecule is CN(CC(=O)NCCC[P+](c1ccccc1)(c1ccccc1)c1ccccc1)C(=O)OC(C)(C)C. The van der Waals surface area contributed by atoms with E-state index in [1.54, 1.807) is 27.8 Å². The molecule has 0 unspecified atom stereocenters. The lowest BCUT2D eigenvalue weighted by atomic mass is 10.2. The molecule has 0 aliphatic carbocycles. The first-order valence-corrected chi connectivity index (χ1v) is 14.0. The first kappa shape index (κ1) is 26.4. The molecular weight excluding hydrogens is 455 g/mol. The van der Waals surface area contributed by atoms with Crippen molar-refractivity contribution in [3.8, 4) is 0 Å². The fraction of sp³-hybridized carbons (Fsp3) is 0.310. The molecule has 0 atom stereocenters. The summed E-state index contributed by atoms with van der Waals surface area (Å²) in [5, 5.41) is 6.97. The van der Waals surface area contributed by atoms with Gasteiger partial charge in [-0.15, -0.1) is 0 Å². The highest BCUT2D eigenvalue weighted by molar-refractivity contribution is 7.95. The highest BCUT2D eigenvalue weighted by atomic mass is 31.2. The molecule has 0 aliphatic heterocycles. The zero-order valence-electron chi connectivity index (χ0n) is 21.1. The summed E-state index contributed by atoms with van der Waals surface area (Å²) in [6, 6.07) is 32.1. The zero-order chi connectivity index (χ0) is 25.3. The fourth-order valence-electron chi connectivity index (χ4n) is 4.10. The Hall–Kier alpha value is -3.17. The fourth-order valence-corrected chi connectivity index (χ4v) is 8.45. The van der Waals surface area contributed by atoms with E-state index in [-0.39, 0.29) is 12.5 Å². The molecule has 6 heteroatoms. The lowest BCUT2D eigenvalue weighted by Crippen LogP contribution is -2.41. The van der Waals surface area contributed by atoms with Crippen LogP contribution in [-0.4, -0.2) is 48.8 Å². The number of amides is 2. The number of hydrogen-bond acceptors (Lipinski definition) is 3. The number of carbonyl (C=O) groups excluding carboxylic acids is 2. The largest absolute Gasteiger partial charge is 0.444 e. The van der Waals surface area contributed by atoms with E-state index in [9.17, 15) is 9.59 Å². The molecule has 3 aromatic carbocycles. The average molecular weight is 492 g/mol. The topological polar surface area (TPSA) is 58.6 Å². The molecule has 0 aromatic heterocycles. The summed E-state index contributed by atoms with van der Waals surface area (Å²) in [6.45, 7) is 5.92. The number of carbonyl (C=O) groups is 2. The van der Waals surface area contributed by atoms with Crippen LogP contribution in [0.5, 0.6) is 0 Å². The average Bonchev–Trinajstić information content (AvgIpc) is 2.85. The van der Waals surface area contributed by atoms with E-state index < -0.39 is 19.0 Å². The predicted octanol–water partition coefficient (Wildman–Crippen LogP) is 4.35. The van der Waals surface area contributed by atoms with Gasteiger partial charge < -0.3 is 15.0 Å². The maximum absolute atomic E-state index is 12.5. The summed E-state index contributed by atoms with van der Waals surface area (Å²) >= 11 is 0. The van der Waals surface area contributed by atoms with E-state index >= 15 is 0 Å². The Morgan fingerprint density at radius 3 is 1.63 bits per heavy atom. The molecule has 2 amide bonds. The predicted molar refractivity (Wildman–Crippen MR) is 147 cm³/mol. The van der Waals surface area contributed by atoms with Gasteiger partial charge in [-0.2, -0.15) is 0 Å². The molecule has 0 spiro atoms. The van der Waals surface area contributed by atoms with Gasteiger partial charge >= 0.3 is 6.09 Å². The second kappa shape index (κ2) is 12.0. The molecule has 0 fully saturated rings. The van der Waals surface area contributed by atoms with Crippen molar-refractivity contribution >= 4 is 35.2 Å². The monoisotopic (exact) mass is 491 g/mol. The molecular formula is C29H36N2O3P+. The lowest BCUT2D eigenvalue weighted by molar-refractivity contribution is -0.121. The van der Waals surface area contributed by atoms with Crippen molar-refractivity contribution in [3.05, 3.63) is 91.0 Å². The van der Waals surface area contributed by atoms with Gasteiger partial charge in [0.2, 0.25) is 5.91 Å². The van der Waals surface area contributed by atoms with Crippen LogP contribution in [0.2, 0.25) is 0 Å². The molecule has 0 radical (unpaired) electrons. The van der Waals surface area contributed by atoms with Gasteiger partial charge in [-0.05, 0) is 63.6 Å². The Kier molecular flexibility index (Phi) is 9.06. The number of nitrogens with zero attached hydrogens (tertiary/aromatic N) is 1. The van der Waals surface area contributed by atoms with Gasteiger partial charge in [-0.1, -0.05) is 54.6 Å². The van der Waals surface area contributed by atoms with Gasteiger partial charge in [0.25, 0.3) is 0 Å². The number of ether oxygens (including phenoxy) is 1. The third-order valence-corrected chi connectivity index (χ3v) is 10.2. The Labute approximate surface area is 209 Å². The molecule has 1 N–H and O–H groups in total. The van der Waals surface area contributed by atoms with E-state index in [1.165, 1.54) is 20.8 Å². The minimum Gasteiger partial charge on any atom is -0.444 e. The third-order valence-electron chi connectivity index (χ3n) is 5.67. The van der Waals surface area contributed by atoms with Gasteiger partial charge in [-0.25, -0.2) is 4.79 Å². The molecule has 0 heterocycles. The van der Waals surface area contributed by atoms with Crippen molar-refractivity contribution in [1.29, 1.82) is 0 Å². The quantitative estimate of drug-likeness (QED) is 0.358. The van der Waals surface area contributed by atoms with E-state index in [0.29, 0.717) is 6.54 Å². The minimum atomic E-state index is -1.92. The first-order valence-electron chi connectivity index (χ1n) is 12.0. The molecule has 35 heavy (non-hydrogen) atoms. The minimum absolute atomic E-state index is 0.0365. The van der Waals surface area contributed by atoms with Crippen molar-refractivity contribution in [3.63, 3.8) is 0 Å². The molecule has 3 rings (SSSR count). The van der Waals surface area contributed by atoms with Crippen molar-refractivity contribution < 1.29 is 14.3 Å². The highest BCUT2D eigenvalue weighted by Gasteiger charge is 2.44. The highest BCUT2D eigenvalue weighted by Crippen LogP contribution is 2.55. The number of likely N-dealkylation sites (N-methyl/N-ethyl adjacent to an activating group) is 1. The summed E-state index contributed by atoms with van der Waals surface area (Å²) in [5.41, 5.74) is -0.596. The van der Waals surface area contributed by atoms with Crippen molar-refractivity contribution in [2.45, 2.75) is 32.8 Å². The Morgan fingerprint density at radius 1 is 0.800 bits per heavy atom. The van der Waals surface area contributed by atoms with Gasteiger partial charge in [0, 0.05) is 13.6 Å². The van der Waals surface area contributed by atoms with E-state index in [4.69, 9.17) is 4.74 Å². The number of rotatable bonds is 9. The molecule has 0 bridgehead atoms. The third kappa shape index (κ3) is 7.16. The standard InChI is InChI=1S/C29H35N2O3P/c1-29(2,3)34-28(33)31(4)23-27(32)30-21-14-22-35(24-15-8-5-9-16-24,25-17-10-6-11-18-25)26-19-12-7-13-20-26/h5-13,15-20H,14,21-23H2,1-4H3/p+1. The summed E-state index contributed by atoms with van der Waals surface area (Å²) in [4.78, 5) is 26.0. The zero-order valence-corrected chi connectivity index (χ0v) is 22.0. The van der Waals surface area contributed by atoms with Crippen LogP contribution in [0.3, 0.4) is 0 Å². The van der Waals surface area contributed by atoms with Crippen LogP contribution in [-0.2, 0) is 9.53 Å². The van der Waals surface area contributed by atoms with Crippen LogP contribution in [0.4, 0.5) is 4.79 Å². The molecule has 0 aliphatic rings. The number of benzene rings is 3. The van der Waals surface area contributed by atoms with Crippen molar-refractivity contribution in [1.82, 2.24) is 10.2 Å². The summed E-state index contributed by atoms with van der Waals surface area (Å²) < 4.78 is 5.33. The van der Waals surface area contributed by atoms with Gasteiger partial charge in [-0.3, -0.25) is 4.79 Å². The van der Waals surface area contributed by atoms with E-state index in [1.807, 2.05) is 0 Å². The van der Waals surface area contributed by atoms with Crippen LogP contribution in [0, 0.1) is 0 Å². The second-order valence-corrected chi connectivity index (χ2v) is 13.2. The van der Waals surface area contributed by atoms with Gasteiger partial charge in [0.15, 0.2) is 0 Å². The van der Waals surface area contributed by atoms with E-state index in [2.05, 4.69) is 96.3 Å². The Bertz CT molecular complexity index is 987. The Balaban J connectivity index is 1.74. The smallest absolute Gasteiger partial charge is 0.410 e. The summed E-state index contributed by atoms with van der Waals surface area (Å²) in [7, 11) is -0.342. The van der Waals surface area contributed by atoms with Crippen LogP contribution in [0.25, 0.3) is 0 Å². The summed E-state index contributed by atoms with van der Waals surface area (Å²) in [6.07, 6.45) is 1.23. The maximum Gasteiger partial charge on any atom is 0.410 e.